The number of nitrogens with one attached hydrogen (secondary N) is 3. The van der Waals surface area contributed by atoms with Gasteiger partial charge in [-0.15, -0.1) is 11.3 Å². The Balaban J connectivity index is 1.36. The molecule has 0 aliphatic carbocycles. The van der Waals surface area contributed by atoms with E-state index in [1.807, 2.05) is 24.3 Å². The molecule has 3 unspecified atom stereocenters. The Bertz CT molecular complexity index is 811. The van der Waals surface area contributed by atoms with E-state index >= 15 is 0 Å². The second-order valence-electron chi connectivity index (χ2n) is 7.78. The molecule has 8 heteroatoms. The van der Waals surface area contributed by atoms with Gasteiger partial charge in [-0.1, -0.05) is 30.7 Å². The Labute approximate surface area is 174 Å². The molecule has 2 fully saturated rings. The van der Waals surface area contributed by atoms with Crippen molar-refractivity contribution in [2.45, 2.75) is 32.4 Å². The van der Waals surface area contributed by atoms with Gasteiger partial charge in [-0.25, -0.2) is 10.4 Å². The number of anilines is 1. The van der Waals surface area contributed by atoms with Crippen molar-refractivity contribution in [3.05, 3.63) is 45.9 Å². The Morgan fingerprint density at radius 1 is 1.39 bits per heavy atom. The number of amides is 1. The number of hydrogen-bond acceptors (Lipinski definition) is 6. The molecule has 2 saturated heterocycles. The van der Waals surface area contributed by atoms with Gasteiger partial charge in [0.15, 0.2) is 5.13 Å². The molecule has 1 amide bonds. The first-order valence-electron chi connectivity index (χ1n) is 9.80. The standard InChI is InChI=1S/C20H26ClN5OS/c1-13-3-2-8-26(10-13)11-16-12-28-20(23-16)24-19(27)17-9-22-25-18(17)14-4-6-15(21)7-5-14/h4-7,12-13,17-18,22,25H,2-3,8-11H2,1H3,(H,23,24,27). The lowest BCUT2D eigenvalue weighted by molar-refractivity contribution is -0.119. The van der Waals surface area contributed by atoms with Gasteiger partial charge in [0.2, 0.25) is 5.91 Å². The van der Waals surface area contributed by atoms with Gasteiger partial charge in [-0.05, 0) is 43.0 Å². The van der Waals surface area contributed by atoms with E-state index in [9.17, 15) is 4.79 Å². The predicted octanol–water partition coefficient (Wildman–Crippen LogP) is 3.43. The third-order valence-electron chi connectivity index (χ3n) is 5.46. The molecular formula is C20H26ClN5OS. The number of aromatic nitrogens is 1. The van der Waals surface area contributed by atoms with Crippen LogP contribution in [0.25, 0.3) is 0 Å². The Kier molecular flexibility index (Phi) is 6.28. The van der Waals surface area contributed by atoms with Gasteiger partial charge in [0.1, 0.15) is 0 Å². The zero-order valence-corrected chi connectivity index (χ0v) is 17.5. The molecule has 2 aliphatic heterocycles. The minimum absolute atomic E-state index is 0.0232. The summed E-state index contributed by atoms with van der Waals surface area (Å²) in [6, 6.07) is 7.51. The van der Waals surface area contributed by atoms with Crippen LogP contribution in [0.3, 0.4) is 0 Å². The molecule has 0 radical (unpaired) electrons. The Morgan fingerprint density at radius 2 is 2.21 bits per heavy atom. The van der Waals surface area contributed by atoms with Crippen LogP contribution in [0.5, 0.6) is 0 Å². The molecule has 4 rings (SSSR count). The molecular weight excluding hydrogens is 394 g/mol. The molecule has 0 bridgehead atoms. The van der Waals surface area contributed by atoms with E-state index in [1.54, 1.807) is 0 Å². The van der Waals surface area contributed by atoms with E-state index in [0.29, 0.717) is 16.7 Å². The highest BCUT2D eigenvalue weighted by Crippen LogP contribution is 2.28. The maximum absolute atomic E-state index is 12.8. The fourth-order valence-corrected chi connectivity index (χ4v) is 4.85. The summed E-state index contributed by atoms with van der Waals surface area (Å²) in [4.78, 5) is 19.9. The van der Waals surface area contributed by atoms with Crippen LogP contribution in [-0.4, -0.2) is 35.4 Å². The minimum Gasteiger partial charge on any atom is -0.302 e. The van der Waals surface area contributed by atoms with E-state index < -0.39 is 0 Å². The topological polar surface area (TPSA) is 69.3 Å². The first-order valence-corrected chi connectivity index (χ1v) is 11.1. The molecule has 3 N–H and O–H groups in total. The highest BCUT2D eigenvalue weighted by molar-refractivity contribution is 7.13. The van der Waals surface area contributed by atoms with E-state index in [2.05, 4.69) is 38.4 Å². The van der Waals surface area contributed by atoms with Crippen LogP contribution in [0.4, 0.5) is 5.13 Å². The number of hydrazine groups is 1. The molecule has 6 nitrogen and oxygen atoms in total. The maximum atomic E-state index is 12.8. The van der Waals surface area contributed by atoms with Crippen molar-refractivity contribution in [1.82, 2.24) is 20.7 Å². The van der Waals surface area contributed by atoms with Crippen molar-refractivity contribution in [1.29, 1.82) is 0 Å². The number of halogens is 1. The predicted molar refractivity (Wildman–Crippen MR) is 113 cm³/mol. The molecule has 28 heavy (non-hydrogen) atoms. The van der Waals surface area contributed by atoms with Gasteiger partial charge < -0.3 is 5.32 Å². The van der Waals surface area contributed by atoms with Gasteiger partial charge in [0.05, 0.1) is 17.7 Å². The van der Waals surface area contributed by atoms with Crippen molar-refractivity contribution in [3.63, 3.8) is 0 Å². The smallest absolute Gasteiger partial charge is 0.232 e. The number of nitrogens with zero attached hydrogens (tertiary/aromatic N) is 2. The first kappa shape index (κ1) is 19.8. The van der Waals surface area contributed by atoms with Crippen molar-refractivity contribution in [3.8, 4) is 0 Å². The number of piperidine rings is 1. The van der Waals surface area contributed by atoms with Crippen LogP contribution in [0, 0.1) is 11.8 Å². The van der Waals surface area contributed by atoms with Crippen LogP contribution < -0.4 is 16.2 Å². The normalized spacial score (nSPS) is 25.7. The van der Waals surface area contributed by atoms with E-state index in [1.165, 1.54) is 24.2 Å². The highest BCUT2D eigenvalue weighted by atomic mass is 35.5. The lowest BCUT2D eigenvalue weighted by atomic mass is 9.94. The largest absolute Gasteiger partial charge is 0.302 e. The summed E-state index contributed by atoms with van der Waals surface area (Å²) in [5.74, 6) is 0.514. The van der Waals surface area contributed by atoms with Crippen LogP contribution in [0.1, 0.15) is 37.1 Å². The number of rotatable bonds is 5. The number of likely N-dealkylation sites (tertiary alicyclic amines) is 1. The van der Waals surface area contributed by atoms with Crippen LogP contribution in [-0.2, 0) is 11.3 Å². The summed E-state index contributed by atoms with van der Waals surface area (Å²) in [6.45, 7) is 5.99. The Morgan fingerprint density at radius 3 is 3.00 bits per heavy atom. The fourth-order valence-electron chi connectivity index (χ4n) is 4.02. The average molecular weight is 420 g/mol. The average Bonchev–Trinajstić information content (AvgIpc) is 3.32. The van der Waals surface area contributed by atoms with Crippen molar-refractivity contribution < 1.29 is 4.79 Å². The quantitative estimate of drug-likeness (QED) is 0.692. The lowest BCUT2D eigenvalue weighted by Gasteiger charge is -2.30. The number of benzene rings is 1. The molecule has 1 aromatic heterocycles. The molecule has 150 valence electrons. The van der Waals surface area contributed by atoms with Gasteiger partial charge in [-0.2, -0.15) is 0 Å². The number of carbonyl (C=O) groups excluding carboxylic acids is 1. The minimum atomic E-state index is -0.212. The molecule has 3 atom stereocenters. The van der Waals surface area contributed by atoms with Crippen molar-refractivity contribution in [2.24, 2.45) is 11.8 Å². The maximum Gasteiger partial charge on any atom is 0.232 e. The molecule has 2 aliphatic rings. The molecule has 1 aromatic carbocycles. The number of hydrogen-bond donors (Lipinski definition) is 3. The summed E-state index contributed by atoms with van der Waals surface area (Å²) in [6.07, 6.45) is 2.57. The number of thiazole rings is 1. The van der Waals surface area contributed by atoms with Gasteiger partial charge in [0.25, 0.3) is 0 Å². The second kappa shape index (κ2) is 8.88. The summed E-state index contributed by atoms with van der Waals surface area (Å²) in [5, 5.41) is 6.42. The van der Waals surface area contributed by atoms with Crippen LogP contribution in [0.15, 0.2) is 29.6 Å². The summed E-state index contributed by atoms with van der Waals surface area (Å²) < 4.78 is 0. The van der Waals surface area contributed by atoms with E-state index in [-0.39, 0.29) is 17.9 Å². The zero-order chi connectivity index (χ0) is 19.5. The van der Waals surface area contributed by atoms with Crippen molar-refractivity contribution in [2.75, 3.05) is 25.0 Å². The third-order valence-corrected chi connectivity index (χ3v) is 6.51. The molecule has 0 saturated carbocycles. The highest BCUT2D eigenvalue weighted by Gasteiger charge is 2.34. The molecule has 0 spiro atoms. The van der Waals surface area contributed by atoms with Gasteiger partial charge >= 0.3 is 0 Å². The monoisotopic (exact) mass is 419 g/mol. The van der Waals surface area contributed by atoms with E-state index in [0.717, 1.165) is 36.8 Å². The lowest BCUT2D eigenvalue weighted by Crippen LogP contribution is -2.33. The van der Waals surface area contributed by atoms with E-state index in [4.69, 9.17) is 11.6 Å². The zero-order valence-electron chi connectivity index (χ0n) is 16.0. The summed E-state index contributed by atoms with van der Waals surface area (Å²) >= 11 is 7.48. The fraction of sp³-hybridized carbons (Fsp3) is 0.500. The van der Waals surface area contributed by atoms with Gasteiger partial charge in [0, 0.05) is 30.0 Å². The summed E-state index contributed by atoms with van der Waals surface area (Å²) in [5.41, 5.74) is 8.36. The van der Waals surface area contributed by atoms with Gasteiger partial charge in [-0.3, -0.25) is 15.1 Å². The van der Waals surface area contributed by atoms with Crippen LogP contribution >= 0.6 is 22.9 Å². The van der Waals surface area contributed by atoms with Crippen LogP contribution in [0.2, 0.25) is 5.02 Å². The third kappa shape index (κ3) is 4.72. The number of carbonyl (C=O) groups is 1. The molecule has 3 heterocycles. The summed E-state index contributed by atoms with van der Waals surface area (Å²) in [7, 11) is 0. The van der Waals surface area contributed by atoms with Crippen molar-refractivity contribution >= 4 is 34.0 Å². The molecule has 2 aromatic rings. The Hall–Kier alpha value is -1.51. The SMILES string of the molecule is CC1CCCN(Cc2csc(NC(=O)C3CNNC3c3ccc(Cl)cc3)n2)C1. The second-order valence-corrected chi connectivity index (χ2v) is 9.07. The first-order chi connectivity index (χ1) is 13.6.